The Labute approximate surface area is 137 Å². The van der Waals surface area contributed by atoms with Crippen molar-refractivity contribution in [3.8, 4) is 11.3 Å². The topological polar surface area (TPSA) is 21.1 Å². The lowest BCUT2D eigenvalue weighted by Crippen LogP contribution is -2.22. The molecule has 3 rings (SSSR count). The van der Waals surface area contributed by atoms with Crippen LogP contribution in [0, 0.1) is 5.82 Å². The third-order valence-electron chi connectivity index (χ3n) is 3.33. The van der Waals surface area contributed by atoms with E-state index in [0.717, 1.165) is 11.3 Å². The lowest BCUT2D eigenvalue weighted by atomic mass is 10.2. The first-order chi connectivity index (χ1) is 10.6. The highest BCUT2D eigenvalue weighted by Crippen LogP contribution is 2.21. The van der Waals surface area contributed by atoms with Crippen molar-refractivity contribution in [1.82, 2.24) is 14.7 Å². The number of thiophene rings is 1. The number of hydrogen-bond acceptors (Lipinski definition) is 3. The van der Waals surface area contributed by atoms with E-state index in [2.05, 4.69) is 10.5 Å². The van der Waals surface area contributed by atoms with Gasteiger partial charge in [-0.2, -0.15) is 16.4 Å². The molecule has 3 nitrogen and oxygen atoms in total. The molecule has 0 saturated heterocycles. The van der Waals surface area contributed by atoms with Gasteiger partial charge in [0.2, 0.25) is 0 Å². The van der Waals surface area contributed by atoms with Crippen molar-refractivity contribution in [2.45, 2.75) is 13.2 Å². The summed E-state index contributed by atoms with van der Waals surface area (Å²) in [6, 6.07) is 8.77. The van der Waals surface area contributed by atoms with Crippen LogP contribution in [0.1, 0.15) is 5.56 Å². The number of benzene rings is 1. The van der Waals surface area contributed by atoms with E-state index >= 15 is 0 Å². The molecule has 0 saturated carbocycles. The van der Waals surface area contributed by atoms with E-state index in [4.69, 9.17) is 11.6 Å². The number of rotatable bonds is 5. The standard InChI is InChI=1S/C16H15ClFN3S/c1-20(9-13-14(17)3-2-4-15(13)18)11-21-7-5-16(19-21)12-6-8-22-10-12/h2-8,10H,9,11H2,1H3. The van der Waals surface area contributed by atoms with Gasteiger partial charge < -0.3 is 0 Å². The highest BCUT2D eigenvalue weighted by Gasteiger charge is 2.11. The van der Waals surface area contributed by atoms with E-state index in [1.807, 2.05) is 40.3 Å². The first kappa shape index (κ1) is 15.2. The Morgan fingerprint density at radius 1 is 1.32 bits per heavy atom. The van der Waals surface area contributed by atoms with E-state index in [1.165, 1.54) is 6.07 Å². The van der Waals surface area contributed by atoms with Gasteiger partial charge in [-0.3, -0.25) is 9.58 Å². The van der Waals surface area contributed by atoms with Crippen molar-refractivity contribution >= 4 is 22.9 Å². The molecule has 0 unspecified atom stereocenters. The van der Waals surface area contributed by atoms with Crippen LogP contribution in [-0.2, 0) is 13.2 Å². The Balaban J connectivity index is 1.68. The molecule has 0 amide bonds. The summed E-state index contributed by atoms with van der Waals surface area (Å²) in [5, 5.41) is 9.08. The number of nitrogens with zero attached hydrogens (tertiary/aromatic N) is 3. The fourth-order valence-corrected chi connectivity index (χ4v) is 3.13. The smallest absolute Gasteiger partial charge is 0.129 e. The second-order valence-electron chi connectivity index (χ2n) is 5.11. The lowest BCUT2D eigenvalue weighted by Gasteiger charge is -2.17. The van der Waals surface area contributed by atoms with E-state index < -0.39 is 0 Å². The summed E-state index contributed by atoms with van der Waals surface area (Å²) in [5.74, 6) is -0.279. The molecule has 2 heterocycles. The van der Waals surface area contributed by atoms with Crippen LogP contribution in [0.3, 0.4) is 0 Å². The Morgan fingerprint density at radius 3 is 2.91 bits per heavy atom. The van der Waals surface area contributed by atoms with Crippen molar-refractivity contribution in [3.63, 3.8) is 0 Å². The van der Waals surface area contributed by atoms with Gasteiger partial charge in [-0.1, -0.05) is 17.7 Å². The summed E-state index contributed by atoms with van der Waals surface area (Å²) in [5.41, 5.74) is 2.57. The summed E-state index contributed by atoms with van der Waals surface area (Å²) in [6.07, 6.45) is 1.92. The highest BCUT2D eigenvalue weighted by molar-refractivity contribution is 7.08. The zero-order valence-electron chi connectivity index (χ0n) is 12.0. The Morgan fingerprint density at radius 2 is 2.18 bits per heavy atom. The van der Waals surface area contributed by atoms with E-state index in [1.54, 1.807) is 23.5 Å². The van der Waals surface area contributed by atoms with E-state index in [9.17, 15) is 4.39 Å². The third kappa shape index (κ3) is 3.38. The normalized spacial score (nSPS) is 11.3. The molecule has 0 spiro atoms. The van der Waals surface area contributed by atoms with Crippen LogP contribution < -0.4 is 0 Å². The Hall–Kier alpha value is -1.69. The van der Waals surface area contributed by atoms with Gasteiger partial charge in [0.05, 0.1) is 12.4 Å². The van der Waals surface area contributed by atoms with Crippen molar-refractivity contribution in [2.24, 2.45) is 0 Å². The largest absolute Gasteiger partial charge is 0.283 e. The predicted molar refractivity (Wildman–Crippen MR) is 88.4 cm³/mol. The zero-order chi connectivity index (χ0) is 15.5. The number of aromatic nitrogens is 2. The molecule has 0 atom stereocenters. The molecule has 0 fully saturated rings. The highest BCUT2D eigenvalue weighted by atomic mass is 35.5. The van der Waals surface area contributed by atoms with Crippen LogP contribution in [-0.4, -0.2) is 21.7 Å². The second-order valence-corrected chi connectivity index (χ2v) is 6.30. The van der Waals surface area contributed by atoms with Crippen LogP contribution in [0.5, 0.6) is 0 Å². The van der Waals surface area contributed by atoms with Gasteiger partial charge in [0.25, 0.3) is 0 Å². The lowest BCUT2D eigenvalue weighted by molar-refractivity contribution is 0.243. The Bertz CT molecular complexity index is 734. The van der Waals surface area contributed by atoms with Gasteiger partial charge in [-0.05, 0) is 36.7 Å². The van der Waals surface area contributed by atoms with Gasteiger partial charge in [0, 0.05) is 34.3 Å². The summed E-state index contributed by atoms with van der Waals surface area (Å²) in [6.45, 7) is 0.994. The van der Waals surface area contributed by atoms with Crippen LogP contribution >= 0.6 is 22.9 Å². The fourth-order valence-electron chi connectivity index (χ4n) is 2.26. The van der Waals surface area contributed by atoms with Gasteiger partial charge in [0.15, 0.2) is 0 Å². The molecule has 0 aliphatic carbocycles. The van der Waals surface area contributed by atoms with Crippen LogP contribution in [0.15, 0.2) is 47.3 Å². The number of hydrogen-bond donors (Lipinski definition) is 0. The molecule has 0 aliphatic heterocycles. The average Bonchev–Trinajstić information content (AvgIpc) is 3.13. The molecule has 6 heteroatoms. The minimum atomic E-state index is -0.279. The van der Waals surface area contributed by atoms with Gasteiger partial charge >= 0.3 is 0 Å². The predicted octanol–water partition coefficient (Wildman–Crippen LogP) is 4.49. The maximum Gasteiger partial charge on any atom is 0.129 e. The molecular weight excluding hydrogens is 321 g/mol. The minimum absolute atomic E-state index is 0.279. The molecule has 0 aliphatic rings. The second kappa shape index (κ2) is 6.60. The summed E-state index contributed by atoms with van der Waals surface area (Å²) >= 11 is 7.71. The molecule has 22 heavy (non-hydrogen) atoms. The maximum absolute atomic E-state index is 13.8. The van der Waals surface area contributed by atoms with Crippen LogP contribution in [0.2, 0.25) is 5.02 Å². The van der Waals surface area contributed by atoms with Gasteiger partial charge in [-0.15, -0.1) is 0 Å². The van der Waals surface area contributed by atoms with Crippen molar-refractivity contribution in [2.75, 3.05) is 7.05 Å². The monoisotopic (exact) mass is 335 g/mol. The maximum atomic E-state index is 13.8. The average molecular weight is 336 g/mol. The molecule has 0 bridgehead atoms. The Kier molecular flexibility index (Phi) is 4.57. The van der Waals surface area contributed by atoms with Gasteiger partial charge in [0.1, 0.15) is 5.82 Å². The zero-order valence-corrected chi connectivity index (χ0v) is 13.6. The summed E-state index contributed by atoms with van der Waals surface area (Å²) < 4.78 is 15.6. The molecule has 1 aromatic carbocycles. The SMILES string of the molecule is CN(Cc1c(F)cccc1Cl)Cn1ccc(-c2ccsc2)n1. The first-order valence-electron chi connectivity index (χ1n) is 6.81. The fraction of sp³-hybridized carbons (Fsp3) is 0.188. The van der Waals surface area contributed by atoms with Crippen molar-refractivity contribution < 1.29 is 4.39 Å². The summed E-state index contributed by atoms with van der Waals surface area (Å²) in [4.78, 5) is 1.97. The molecule has 0 N–H and O–H groups in total. The molecule has 3 aromatic rings. The number of halogens is 2. The van der Waals surface area contributed by atoms with Crippen molar-refractivity contribution in [3.05, 3.63) is 63.7 Å². The van der Waals surface area contributed by atoms with Crippen LogP contribution in [0.4, 0.5) is 4.39 Å². The molecular formula is C16H15ClFN3S. The first-order valence-corrected chi connectivity index (χ1v) is 8.13. The quantitative estimate of drug-likeness (QED) is 0.684. The summed E-state index contributed by atoms with van der Waals surface area (Å²) in [7, 11) is 1.91. The molecule has 0 radical (unpaired) electrons. The molecule has 2 aromatic heterocycles. The van der Waals surface area contributed by atoms with Crippen molar-refractivity contribution in [1.29, 1.82) is 0 Å². The van der Waals surface area contributed by atoms with Gasteiger partial charge in [-0.25, -0.2) is 4.39 Å². The van der Waals surface area contributed by atoms with E-state index in [0.29, 0.717) is 23.8 Å². The van der Waals surface area contributed by atoms with E-state index in [-0.39, 0.29) is 5.82 Å². The third-order valence-corrected chi connectivity index (χ3v) is 4.37. The van der Waals surface area contributed by atoms with Crippen LogP contribution in [0.25, 0.3) is 11.3 Å². The minimum Gasteiger partial charge on any atom is -0.283 e. The molecule has 114 valence electrons.